The van der Waals surface area contributed by atoms with Crippen LogP contribution in [0.3, 0.4) is 0 Å². The van der Waals surface area contributed by atoms with E-state index in [4.69, 9.17) is 23.2 Å². The fraction of sp³-hybridized carbons (Fsp3) is 0.0667. The summed E-state index contributed by atoms with van der Waals surface area (Å²) in [6.45, 7) is 1.77. The maximum absolute atomic E-state index is 12.4. The van der Waals surface area contributed by atoms with Gasteiger partial charge in [-0.25, -0.2) is 4.68 Å². The quantitative estimate of drug-likeness (QED) is 0.510. The van der Waals surface area contributed by atoms with Crippen molar-refractivity contribution in [3.05, 3.63) is 66.4 Å². The molecule has 1 N–H and O–H groups in total. The molecule has 1 amide bonds. The molecule has 7 nitrogen and oxygen atoms in total. The first-order chi connectivity index (χ1) is 11.8. The molecule has 1 aromatic carbocycles. The normalized spacial score (nSPS) is 10.7. The number of thiophene rings is 1. The predicted molar refractivity (Wildman–Crippen MR) is 97.2 cm³/mol. The number of anilines is 1. The van der Waals surface area contributed by atoms with Crippen LogP contribution in [0, 0.1) is 17.0 Å². The Morgan fingerprint density at radius 1 is 1.28 bits per heavy atom. The second kappa shape index (κ2) is 6.83. The number of carbonyl (C=O) groups is 1. The molecule has 2 aromatic heterocycles. The summed E-state index contributed by atoms with van der Waals surface area (Å²) in [5.74, 6) is -0.00838. The van der Waals surface area contributed by atoms with Crippen molar-refractivity contribution in [1.82, 2.24) is 9.78 Å². The molecule has 128 valence electrons. The second-order valence-electron chi connectivity index (χ2n) is 5.05. The zero-order valence-corrected chi connectivity index (χ0v) is 15.0. The van der Waals surface area contributed by atoms with Gasteiger partial charge in [-0.05, 0) is 25.1 Å². The van der Waals surface area contributed by atoms with E-state index in [2.05, 4.69) is 10.4 Å². The third kappa shape index (κ3) is 3.65. The lowest BCUT2D eigenvalue weighted by Crippen LogP contribution is -2.14. The van der Waals surface area contributed by atoms with Crippen molar-refractivity contribution in [1.29, 1.82) is 0 Å². The lowest BCUT2D eigenvalue weighted by molar-refractivity contribution is -0.384. The Balaban J connectivity index is 1.92. The van der Waals surface area contributed by atoms with Crippen LogP contribution in [-0.2, 0) is 0 Å². The largest absolute Gasteiger partial charge is 0.306 e. The summed E-state index contributed by atoms with van der Waals surface area (Å²) in [6.07, 6.45) is 0. The molecule has 10 heteroatoms. The summed E-state index contributed by atoms with van der Waals surface area (Å²) in [6, 6.07) is 9.01. The van der Waals surface area contributed by atoms with E-state index in [-0.39, 0.29) is 11.3 Å². The monoisotopic (exact) mass is 396 g/mol. The number of aryl methyl sites for hydroxylation is 1. The summed E-state index contributed by atoms with van der Waals surface area (Å²) in [7, 11) is 0. The maximum Gasteiger partial charge on any atom is 0.269 e. The Bertz CT molecular complexity index is 966. The average molecular weight is 397 g/mol. The number of aromatic nitrogens is 2. The summed E-state index contributed by atoms with van der Waals surface area (Å²) >= 11 is 13.0. The van der Waals surface area contributed by atoms with Crippen molar-refractivity contribution < 1.29 is 9.72 Å². The van der Waals surface area contributed by atoms with E-state index in [1.807, 2.05) is 0 Å². The molecule has 0 fully saturated rings. The van der Waals surface area contributed by atoms with Gasteiger partial charge in [0.15, 0.2) is 0 Å². The van der Waals surface area contributed by atoms with Gasteiger partial charge in [0.2, 0.25) is 0 Å². The molecular formula is C15H10Cl2N4O3S. The molecule has 0 bridgehead atoms. The highest BCUT2D eigenvalue weighted by Crippen LogP contribution is 2.32. The van der Waals surface area contributed by atoms with Gasteiger partial charge in [-0.15, -0.1) is 11.3 Å². The molecule has 2 heterocycles. The SMILES string of the molecule is Cc1cc(NC(=O)c2cc(Cl)sc2Cl)n(-c2ccc([N+](=O)[O-])cc2)n1. The molecule has 0 spiro atoms. The summed E-state index contributed by atoms with van der Waals surface area (Å²) in [5, 5.41) is 17.8. The number of rotatable bonds is 4. The third-order valence-corrected chi connectivity index (χ3v) is 4.77. The Hall–Kier alpha value is -2.42. The zero-order valence-electron chi connectivity index (χ0n) is 12.7. The lowest BCUT2D eigenvalue weighted by atomic mass is 10.3. The van der Waals surface area contributed by atoms with E-state index in [0.717, 1.165) is 11.3 Å². The molecule has 3 aromatic rings. The minimum Gasteiger partial charge on any atom is -0.306 e. The minimum atomic E-state index is -0.483. The van der Waals surface area contributed by atoms with Crippen LogP contribution >= 0.6 is 34.5 Å². The van der Waals surface area contributed by atoms with Gasteiger partial charge < -0.3 is 5.32 Å². The lowest BCUT2D eigenvalue weighted by Gasteiger charge is -2.08. The Kier molecular flexibility index (Phi) is 4.76. The van der Waals surface area contributed by atoms with Crippen LogP contribution in [0.25, 0.3) is 5.69 Å². The molecule has 0 unspecified atom stereocenters. The van der Waals surface area contributed by atoms with Gasteiger partial charge in [0.1, 0.15) is 10.2 Å². The predicted octanol–water partition coefficient (Wildman–Crippen LogP) is 4.71. The fourth-order valence-electron chi connectivity index (χ4n) is 2.18. The Morgan fingerprint density at radius 3 is 2.52 bits per heavy atom. The van der Waals surface area contributed by atoms with Crippen molar-refractivity contribution >= 4 is 52.0 Å². The topological polar surface area (TPSA) is 90.1 Å². The van der Waals surface area contributed by atoms with E-state index in [9.17, 15) is 14.9 Å². The zero-order chi connectivity index (χ0) is 18.1. The van der Waals surface area contributed by atoms with Crippen LogP contribution in [0.4, 0.5) is 11.5 Å². The average Bonchev–Trinajstić information content (AvgIpc) is 3.09. The maximum atomic E-state index is 12.4. The molecule has 0 atom stereocenters. The molecule has 25 heavy (non-hydrogen) atoms. The van der Waals surface area contributed by atoms with Gasteiger partial charge >= 0.3 is 0 Å². The van der Waals surface area contributed by atoms with Crippen molar-refractivity contribution in [2.75, 3.05) is 5.32 Å². The van der Waals surface area contributed by atoms with Crippen molar-refractivity contribution in [3.63, 3.8) is 0 Å². The summed E-state index contributed by atoms with van der Waals surface area (Å²) in [5.41, 5.74) is 1.48. The number of halogens is 2. The number of nitro groups is 1. The van der Waals surface area contributed by atoms with E-state index in [1.165, 1.54) is 22.9 Å². The van der Waals surface area contributed by atoms with Crippen molar-refractivity contribution in [3.8, 4) is 5.69 Å². The van der Waals surface area contributed by atoms with Gasteiger partial charge in [-0.1, -0.05) is 23.2 Å². The second-order valence-corrected chi connectivity index (χ2v) is 7.33. The van der Waals surface area contributed by atoms with Gasteiger partial charge in [-0.3, -0.25) is 14.9 Å². The van der Waals surface area contributed by atoms with Crippen LogP contribution in [0.2, 0.25) is 8.67 Å². The number of hydrogen-bond donors (Lipinski definition) is 1. The molecule has 0 saturated carbocycles. The van der Waals surface area contributed by atoms with Gasteiger partial charge in [0.25, 0.3) is 11.6 Å². The number of non-ortho nitro benzene ring substituents is 1. The van der Waals surface area contributed by atoms with E-state index in [0.29, 0.717) is 25.9 Å². The molecule has 0 aliphatic carbocycles. The molecule has 0 radical (unpaired) electrons. The van der Waals surface area contributed by atoms with Crippen molar-refractivity contribution in [2.45, 2.75) is 6.92 Å². The number of nitrogens with zero attached hydrogens (tertiary/aromatic N) is 3. The highest BCUT2D eigenvalue weighted by Gasteiger charge is 2.17. The third-order valence-electron chi connectivity index (χ3n) is 3.28. The molecule has 0 saturated heterocycles. The van der Waals surface area contributed by atoms with Gasteiger partial charge in [0, 0.05) is 18.2 Å². The van der Waals surface area contributed by atoms with Gasteiger partial charge in [0.05, 0.1) is 26.2 Å². The van der Waals surface area contributed by atoms with E-state index < -0.39 is 10.8 Å². The molecule has 0 aliphatic heterocycles. The van der Waals surface area contributed by atoms with Crippen LogP contribution in [-0.4, -0.2) is 20.6 Å². The van der Waals surface area contributed by atoms with Crippen LogP contribution in [0.1, 0.15) is 16.1 Å². The van der Waals surface area contributed by atoms with E-state index >= 15 is 0 Å². The first-order valence-corrected chi connectivity index (χ1v) is 8.50. The van der Waals surface area contributed by atoms with Gasteiger partial charge in [-0.2, -0.15) is 5.10 Å². The standard InChI is InChI=1S/C15H10Cl2N4O3S/c1-8-6-13(18-15(22)11-7-12(16)25-14(11)17)20(19-8)9-2-4-10(5-3-9)21(23)24/h2-7H,1H3,(H,18,22). The highest BCUT2D eigenvalue weighted by molar-refractivity contribution is 7.20. The number of carbonyl (C=O) groups excluding carboxylic acids is 1. The summed E-state index contributed by atoms with van der Waals surface area (Å²) in [4.78, 5) is 22.7. The van der Waals surface area contributed by atoms with Crippen molar-refractivity contribution in [2.24, 2.45) is 0 Å². The van der Waals surface area contributed by atoms with E-state index in [1.54, 1.807) is 25.1 Å². The number of nitro benzene ring substituents is 1. The Labute approximate surface area is 155 Å². The summed E-state index contributed by atoms with van der Waals surface area (Å²) < 4.78 is 2.19. The fourth-order valence-corrected chi connectivity index (χ4v) is 3.64. The first kappa shape index (κ1) is 17.4. The number of hydrogen-bond acceptors (Lipinski definition) is 5. The highest BCUT2D eigenvalue weighted by atomic mass is 35.5. The van der Waals surface area contributed by atoms with Crippen LogP contribution in [0.15, 0.2) is 36.4 Å². The molecule has 0 aliphatic rings. The number of nitrogens with one attached hydrogen (secondary N) is 1. The minimum absolute atomic E-state index is 0.0297. The Morgan fingerprint density at radius 2 is 1.96 bits per heavy atom. The molecule has 3 rings (SSSR count). The number of amides is 1. The number of benzene rings is 1. The van der Waals surface area contributed by atoms with Crippen LogP contribution in [0.5, 0.6) is 0 Å². The first-order valence-electron chi connectivity index (χ1n) is 6.93. The smallest absolute Gasteiger partial charge is 0.269 e. The molecular weight excluding hydrogens is 387 g/mol. The van der Waals surface area contributed by atoms with Crippen LogP contribution < -0.4 is 5.32 Å².